The molecule has 0 amide bonds. The average Bonchev–Trinajstić information content (AvgIpc) is 2.83. The first kappa shape index (κ1) is 10.8. The largest absolute Gasteiger partial charge is 0.468 e. The quantitative estimate of drug-likeness (QED) is 0.912. The summed E-state index contributed by atoms with van der Waals surface area (Å²) in [5.41, 5.74) is 0. The topological polar surface area (TPSA) is 25.2 Å². The number of hydrogen-bond donors (Lipinski definition) is 1. The highest BCUT2D eigenvalue weighted by molar-refractivity contribution is 9.10. The summed E-state index contributed by atoms with van der Waals surface area (Å²) in [5, 5.41) is 3.65. The summed E-state index contributed by atoms with van der Waals surface area (Å²) >= 11 is 3.58. The molecular formula is C13H18BrNO. The summed E-state index contributed by atoms with van der Waals surface area (Å²) in [7, 11) is 0. The molecular weight excluding hydrogens is 266 g/mol. The Morgan fingerprint density at radius 2 is 2.19 bits per heavy atom. The van der Waals surface area contributed by atoms with Crippen molar-refractivity contribution in [2.75, 3.05) is 6.54 Å². The normalized spacial score (nSPS) is 29.8. The molecule has 1 aromatic rings. The van der Waals surface area contributed by atoms with Crippen molar-refractivity contribution in [3.63, 3.8) is 0 Å². The van der Waals surface area contributed by atoms with Crippen molar-refractivity contribution in [2.45, 2.75) is 44.1 Å². The van der Waals surface area contributed by atoms with Gasteiger partial charge in [-0.05, 0) is 60.1 Å². The van der Waals surface area contributed by atoms with Gasteiger partial charge >= 0.3 is 0 Å². The van der Waals surface area contributed by atoms with E-state index in [-0.39, 0.29) is 0 Å². The van der Waals surface area contributed by atoms with Gasteiger partial charge in [0.15, 0.2) is 0 Å². The van der Waals surface area contributed by atoms with Gasteiger partial charge in [-0.25, -0.2) is 0 Å². The molecule has 1 heterocycles. The summed E-state index contributed by atoms with van der Waals surface area (Å²) in [6.45, 7) is 1.17. The molecule has 3 rings (SSSR count). The van der Waals surface area contributed by atoms with Crippen molar-refractivity contribution >= 4 is 15.9 Å². The summed E-state index contributed by atoms with van der Waals surface area (Å²) in [4.78, 5) is 0. The van der Waals surface area contributed by atoms with Crippen LogP contribution in [0, 0.1) is 5.92 Å². The molecule has 0 bridgehead atoms. The van der Waals surface area contributed by atoms with Crippen molar-refractivity contribution in [1.82, 2.24) is 5.32 Å². The molecule has 0 radical (unpaired) electrons. The van der Waals surface area contributed by atoms with Gasteiger partial charge < -0.3 is 9.73 Å². The van der Waals surface area contributed by atoms with Crippen LogP contribution in [0.25, 0.3) is 0 Å². The Kier molecular flexibility index (Phi) is 3.07. The smallest absolute Gasteiger partial charge is 0.121 e. The first-order chi connectivity index (χ1) is 7.84. The zero-order valence-electron chi connectivity index (χ0n) is 9.42. The van der Waals surface area contributed by atoms with Crippen LogP contribution in [-0.2, 0) is 0 Å². The molecule has 0 aliphatic heterocycles. The number of halogens is 1. The summed E-state index contributed by atoms with van der Waals surface area (Å²) < 4.78 is 6.78. The highest BCUT2D eigenvalue weighted by Gasteiger charge is 2.33. The van der Waals surface area contributed by atoms with Gasteiger partial charge in [0.25, 0.3) is 0 Å². The van der Waals surface area contributed by atoms with Crippen LogP contribution in [0.1, 0.15) is 43.8 Å². The SMILES string of the molecule is Brc1ccoc1C1CCCC1CNC1CC1. The zero-order valence-corrected chi connectivity index (χ0v) is 11.0. The van der Waals surface area contributed by atoms with Crippen LogP contribution in [0.5, 0.6) is 0 Å². The van der Waals surface area contributed by atoms with Crippen LogP contribution in [0.4, 0.5) is 0 Å². The maximum Gasteiger partial charge on any atom is 0.121 e. The molecule has 0 spiro atoms. The van der Waals surface area contributed by atoms with Gasteiger partial charge in [0, 0.05) is 12.0 Å². The lowest BCUT2D eigenvalue weighted by molar-refractivity contribution is 0.378. The third kappa shape index (κ3) is 2.21. The zero-order chi connectivity index (χ0) is 11.0. The van der Waals surface area contributed by atoms with Gasteiger partial charge in [-0.2, -0.15) is 0 Å². The van der Waals surface area contributed by atoms with Crippen LogP contribution < -0.4 is 5.32 Å². The fourth-order valence-corrected chi connectivity index (χ4v) is 3.30. The van der Waals surface area contributed by atoms with E-state index in [4.69, 9.17) is 4.42 Å². The third-order valence-electron chi connectivity index (χ3n) is 3.89. The van der Waals surface area contributed by atoms with Crippen molar-refractivity contribution in [3.05, 3.63) is 22.6 Å². The summed E-state index contributed by atoms with van der Waals surface area (Å²) in [6, 6.07) is 2.83. The Morgan fingerprint density at radius 1 is 1.31 bits per heavy atom. The van der Waals surface area contributed by atoms with Crippen molar-refractivity contribution < 1.29 is 4.42 Å². The van der Waals surface area contributed by atoms with E-state index in [0.29, 0.717) is 5.92 Å². The molecule has 2 nitrogen and oxygen atoms in total. The maximum absolute atomic E-state index is 5.63. The first-order valence-corrected chi connectivity index (χ1v) is 7.10. The van der Waals surface area contributed by atoms with E-state index in [2.05, 4.69) is 21.2 Å². The molecule has 1 aromatic heterocycles. The van der Waals surface area contributed by atoms with E-state index in [1.54, 1.807) is 6.26 Å². The molecule has 2 atom stereocenters. The Labute approximate surface area is 105 Å². The van der Waals surface area contributed by atoms with Crippen LogP contribution in [0.3, 0.4) is 0 Å². The second-order valence-electron chi connectivity index (χ2n) is 5.11. The lowest BCUT2D eigenvalue weighted by Gasteiger charge is -2.18. The Bertz CT molecular complexity index is 359. The fraction of sp³-hybridized carbons (Fsp3) is 0.692. The summed E-state index contributed by atoms with van der Waals surface area (Å²) in [6.07, 6.45) is 8.52. The first-order valence-electron chi connectivity index (χ1n) is 6.31. The van der Waals surface area contributed by atoms with Gasteiger partial charge in [0.2, 0.25) is 0 Å². The monoisotopic (exact) mass is 283 g/mol. The lowest BCUT2D eigenvalue weighted by atomic mass is 9.93. The van der Waals surface area contributed by atoms with Crippen molar-refractivity contribution in [3.8, 4) is 0 Å². The van der Waals surface area contributed by atoms with E-state index < -0.39 is 0 Å². The molecule has 2 aliphatic rings. The number of nitrogens with one attached hydrogen (secondary N) is 1. The minimum absolute atomic E-state index is 0.621. The van der Waals surface area contributed by atoms with Crippen molar-refractivity contribution in [1.29, 1.82) is 0 Å². The molecule has 2 unspecified atom stereocenters. The van der Waals surface area contributed by atoms with E-state index in [1.807, 2.05) is 6.07 Å². The minimum atomic E-state index is 0.621. The Balaban J connectivity index is 1.66. The molecule has 88 valence electrons. The number of rotatable bonds is 4. The highest BCUT2D eigenvalue weighted by Crippen LogP contribution is 2.42. The standard InChI is InChI=1S/C13H18BrNO/c14-12-6-7-16-13(12)11-3-1-2-9(11)8-15-10-4-5-10/h6-7,9-11,15H,1-5,8H2. The predicted octanol–water partition coefficient (Wildman–Crippen LogP) is 3.68. The van der Waals surface area contributed by atoms with Crippen molar-refractivity contribution in [2.24, 2.45) is 5.92 Å². The average molecular weight is 284 g/mol. The molecule has 2 saturated carbocycles. The predicted molar refractivity (Wildman–Crippen MR) is 67.5 cm³/mol. The maximum atomic E-state index is 5.63. The van der Waals surface area contributed by atoms with Gasteiger partial charge in [0.05, 0.1) is 10.7 Å². The highest BCUT2D eigenvalue weighted by atomic mass is 79.9. The molecule has 2 aliphatic carbocycles. The van der Waals surface area contributed by atoms with Crippen LogP contribution >= 0.6 is 15.9 Å². The molecule has 3 heteroatoms. The van der Waals surface area contributed by atoms with E-state index in [9.17, 15) is 0 Å². The third-order valence-corrected chi connectivity index (χ3v) is 4.54. The van der Waals surface area contributed by atoms with E-state index >= 15 is 0 Å². The molecule has 2 fully saturated rings. The van der Waals surface area contributed by atoms with Crippen LogP contribution in [0.2, 0.25) is 0 Å². The van der Waals surface area contributed by atoms with E-state index in [1.165, 1.54) is 44.4 Å². The van der Waals surface area contributed by atoms with Crippen LogP contribution in [-0.4, -0.2) is 12.6 Å². The van der Waals surface area contributed by atoms with E-state index in [0.717, 1.165) is 16.4 Å². The molecule has 16 heavy (non-hydrogen) atoms. The van der Waals surface area contributed by atoms with Gasteiger partial charge in [0.1, 0.15) is 5.76 Å². The minimum Gasteiger partial charge on any atom is -0.468 e. The number of furan rings is 1. The second kappa shape index (κ2) is 4.53. The van der Waals surface area contributed by atoms with Gasteiger partial charge in [-0.15, -0.1) is 0 Å². The van der Waals surface area contributed by atoms with Gasteiger partial charge in [-0.1, -0.05) is 6.42 Å². The fourth-order valence-electron chi connectivity index (χ4n) is 2.80. The second-order valence-corrected chi connectivity index (χ2v) is 5.97. The lowest BCUT2D eigenvalue weighted by Crippen LogP contribution is -2.26. The van der Waals surface area contributed by atoms with Gasteiger partial charge in [-0.3, -0.25) is 0 Å². The molecule has 0 aromatic carbocycles. The Morgan fingerprint density at radius 3 is 2.88 bits per heavy atom. The number of hydrogen-bond acceptors (Lipinski definition) is 2. The van der Waals surface area contributed by atoms with Crippen LogP contribution in [0.15, 0.2) is 21.2 Å². The molecule has 1 N–H and O–H groups in total. The summed E-state index contributed by atoms with van der Waals surface area (Å²) in [5.74, 6) is 2.55. The Hall–Kier alpha value is -0.280. The molecule has 0 saturated heterocycles.